The second-order valence-electron chi connectivity index (χ2n) is 4.78. The van der Waals surface area contributed by atoms with Crippen LogP contribution in [0.5, 0.6) is 0 Å². The highest BCUT2D eigenvalue weighted by Gasteiger charge is 2.23. The van der Waals surface area contributed by atoms with Crippen LogP contribution in [0.3, 0.4) is 0 Å². The fraction of sp³-hybridized carbons (Fsp3) is 0.429. The van der Waals surface area contributed by atoms with Gasteiger partial charge in [-0.15, -0.1) is 0 Å². The van der Waals surface area contributed by atoms with Crippen LogP contribution in [-0.2, 0) is 4.79 Å². The first-order chi connectivity index (χ1) is 9.58. The van der Waals surface area contributed by atoms with Gasteiger partial charge >= 0.3 is 0 Å². The highest BCUT2D eigenvalue weighted by Crippen LogP contribution is 2.05. The van der Waals surface area contributed by atoms with E-state index in [0.29, 0.717) is 13.1 Å². The van der Waals surface area contributed by atoms with Crippen molar-refractivity contribution in [3.63, 3.8) is 0 Å². The second kappa shape index (κ2) is 6.47. The number of hydrogen-bond acceptors (Lipinski definition) is 3. The summed E-state index contributed by atoms with van der Waals surface area (Å²) in [7, 11) is 0. The van der Waals surface area contributed by atoms with Gasteiger partial charge in [0.25, 0.3) is 5.91 Å². The summed E-state index contributed by atoms with van der Waals surface area (Å²) < 4.78 is 13.1. The fourth-order valence-corrected chi connectivity index (χ4v) is 2.13. The largest absolute Gasteiger partial charge is 0.341 e. The molecule has 2 amide bonds. The Balaban J connectivity index is 1.94. The maximum Gasteiger partial charge on any atom is 0.252 e. The number of piperazine rings is 1. The molecule has 0 spiro atoms. The number of carbonyl (C=O) groups is 2. The Bertz CT molecular complexity index is 501. The second-order valence-corrected chi connectivity index (χ2v) is 4.78. The molecule has 1 aliphatic rings. The predicted molar refractivity (Wildman–Crippen MR) is 72.8 cm³/mol. The molecule has 1 aromatic carbocycles. The van der Waals surface area contributed by atoms with Gasteiger partial charge in [0.1, 0.15) is 11.9 Å². The number of amides is 2. The molecule has 20 heavy (non-hydrogen) atoms. The zero-order valence-corrected chi connectivity index (χ0v) is 11.4. The zero-order chi connectivity index (χ0) is 14.5. The van der Waals surface area contributed by atoms with E-state index in [1.807, 2.05) is 0 Å². The molecule has 108 valence electrons. The quantitative estimate of drug-likeness (QED) is 0.840. The smallest absolute Gasteiger partial charge is 0.252 e. The average molecular weight is 279 g/mol. The number of halogens is 1. The summed E-state index contributed by atoms with van der Waals surface area (Å²) in [5.41, 5.74) is 0.213. The van der Waals surface area contributed by atoms with Crippen molar-refractivity contribution in [2.75, 3.05) is 26.2 Å². The average Bonchev–Trinajstić information content (AvgIpc) is 2.47. The molecule has 2 N–H and O–H groups in total. The lowest BCUT2D eigenvalue weighted by molar-refractivity contribution is -0.133. The Hall–Kier alpha value is -1.95. The molecule has 1 aliphatic heterocycles. The summed E-state index contributed by atoms with van der Waals surface area (Å²) >= 11 is 0. The number of rotatable bonds is 3. The lowest BCUT2D eigenvalue weighted by atomic mass is 10.2. The van der Waals surface area contributed by atoms with Crippen molar-refractivity contribution in [1.82, 2.24) is 15.5 Å². The van der Waals surface area contributed by atoms with E-state index in [2.05, 4.69) is 10.6 Å². The third-order valence-corrected chi connectivity index (χ3v) is 3.23. The van der Waals surface area contributed by atoms with Crippen LogP contribution in [0.2, 0.25) is 0 Å². The Morgan fingerprint density at radius 2 is 2.05 bits per heavy atom. The first-order valence-electron chi connectivity index (χ1n) is 6.64. The molecule has 1 fully saturated rings. The molecule has 1 saturated heterocycles. The highest BCUT2D eigenvalue weighted by molar-refractivity contribution is 5.97. The Labute approximate surface area is 117 Å². The van der Waals surface area contributed by atoms with E-state index in [-0.39, 0.29) is 11.5 Å². The molecule has 1 heterocycles. The molecular weight excluding hydrogens is 261 g/mol. The van der Waals surface area contributed by atoms with Gasteiger partial charge in [-0.2, -0.15) is 0 Å². The summed E-state index contributed by atoms with van der Waals surface area (Å²) in [6, 6.07) is 4.78. The molecule has 5 nitrogen and oxygen atoms in total. The number of nitrogens with one attached hydrogen (secondary N) is 2. The van der Waals surface area contributed by atoms with Crippen LogP contribution in [0.4, 0.5) is 4.39 Å². The molecule has 0 saturated carbocycles. The van der Waals surface area contributed by atoms with Crippen molar-refractivity contribution in [2.24, 2.45) is 0 Å². The first kappa shape index (κ1) is 14.5. The summed E-state index contributed by atoms with van der Waals surface area (Å²) in [5.74, 6) is -1.03. The molecule has 0 aromatic heterocycles. The van der Waals surface area contributed by atoms with Gasteiger partial charge in [0.15, 0.2) is 0 Å². The molecule has 6 heteroatoms. The standard InChI is InChI=1S/C14H18FN3O2/c1-10(14(20)18-7-5-16-6-8-18)17-13(19)11-3-2-4-12(15)9-11/h2-4,9-10,16H,5-8H2,1H3,(H,17,19). The lowest BCUT2D eigenvalue weighted by Gasteiger charge is -2.30. The summed E-state index contributed by atoms with van der Waals surface area (Å²) in [5, 5.41) is 5.76. The maximum absolute atomic E-state index is 13.1. The minimum absolute atomic E-state index is 0.115. The Kier molecular flexibility index (Phi) is 4.68. The summed E-state index contributed by atoms with van der Waals surface area (Å²) in [6.07, 6.45) is 0. The van der Waals surface area contributed by atoms with Crippen LogP contribution < -0.4 is 10.6 Å². The van der Waals surface area contributed by atoms with Crippen molar-refractivity contribution < 1.29 is 14.0 Å². The number of carbonyl (C=O) groups excluding carboxylic acids is 2. The molecule has 0 aliphatic carbocycles. The topological polar surface area (TPSA) is 61.4 Å². The third kappa shape index (κ3) is 3.54. The van der Waals surface area contributed by atoms with Crippen molar-refractivity contribution in [3.8, 4) is 0 Å². The normalized spacial score (nSPS) is 16.6. The van der Waals surface area contributed by atoms with E-state index in [9.17, 15) is 14.0 Å². The molecule has 0 radical (unpaired) electrons. The zero-order valence-electron chi connectivity index (χ0n) is 11.4. The van der Waals surface area contributed by atoms with Crippen LogP contribution in [0, 0.1) is 5.82 Å². The van der Waals surface area contributed by atoms with E-state index in [4.69, 9.17) is 0 Å². The first-order valence-corrected chi connectivity index (χ1v) is 6.64. The van der Waals surface area contributed by atoms with Crippen molar-refractivity contribution in [3.05, 3.63) is 35.6 Å². The van der Waals surface area contributed by atoms with E-state index in [1.54, 1.807) is 11.8 Å². The van der Waals surface area contributed by atoms with Gasteiger partial charge < -0.3 is 15.5 Å². The third-order valence-electron chi connectivity index (χ3n) is 3.23. The van der Waals surface area contributed by atoms with Gasteiger partial charge in [-0.3, -0.25) is 9.59 Å². The van der Waals surface area contributed by atoms with E-state index >= 15 is 0 Å². The highest BCUT2D eigenvalue weighted by atomic mass is 19.1. The molecule has 1 aromatic rings. The van der Waals surface area contributed by atoms with Crippen molar-refractivity contribution >= 4 is 11.8 Å². The molecule has 1 unspecified atom stereocenters. The Morgan fingerprint density at radius 1 is 1.35 bits per heavy atom. The van der Waals surface area contributed by atoms with E-state index in [1.165, 1.54) is 18.2 Å². The van der Waals surface area contributed by atoms with Gasteiger partial charge in [0.2, 0.25) is 5.91 Å². The fourth-order valence-electron chi connectivity index (χ4n) is 2.13. The van der Waals surface area contributed by atoms with E-state index in [0.717, 1.165) is 19.2 Å². The molecule has 2 rings (SSSR count). The SMILES string of the molecule is CC(NC(=O)c1cccc(F)c1)C(=O)N1CCNCC1. The van der Waals surface area contributed by atoms with Crippen molar-refractivity contribution in [1.29, 1.82) is 0 Å². The van der Waals surface area contributed by atoms with Crippen LogP contribution in [0.15, 0.2) is 24.3 Å². The van der Waals surface area contributed by atoms with Gasteiger partial charge in [0, 0.05) is 31.7 Å². The number of nitrogens with zero attached hydrogens (tertiary/aromatic N) is 1. The van der Waals surface area contributed by atoms with Gasteiger partial charge in [0.05, 0.1) is 0 Å². The van der Waals surface area contributed by atoms with Crippen LogP contribution in [0.1, 0.15) is 17.3 Å². The van der Waals surface area contributed by atoms with Crippen LogP contribution in [-0.4, -0.2) is 48.9 Å². The molecular formula is C14H18FN3O2. The minimum Gasteiger partial charge on any atom is -0.341 e. The lowest BCUT2D eigenvalue weighted by Crippen LogP contribution is -2.53. The predicted octanol–water partition coefficient (Wildman–Crippen LogP) is 0.376. The van der Waals surface area contributed by atoms with Crippen LogP contribution >= 0.6 is 0 Å². The van der Waals surface area contributed by atoms with Crippen molar-refractivity contribution in [2.45, 2.75) is 13.0 Å². The minimum atomic E-state index is -0.621. The monoisotopic (exact) mass is 279 g/mol. The summed E-state index contributed by atoms with van der Waals surface area (Å²) in [6.45, 7) is 4.44. The molecule has 1 atom stereocenters. The summed E-state index contributed by atoms with van der Waals surface area (Å²) in [4.78, 5) is 25.8. The Morgan fingerprint density at radius 3 is 2.70 bits per heavy atom. The van der Waals surface area contributed by atoms with Gasteiger partial charge in [-0.25, -0.2) is 4.39 Å². The van der Waals surface area contributed by atoms with Crippen LogP contribution in [0.25, 0.3) is 0 Å². The maximum atomic E-state index is 13.1. The number of benzene rings is 1. The van der Waals surface area contributed by atoms with E-state index < -0.39 is 17.8 Å². The van der Waals surface area contributed by atoms with Gasteiger partial charge in [-0.05, 0) is 25.1 Å². The molecule has 0 bridgehead atoms. The number of hydrogen-bond donors (Lipinski definition) is 2. The van der Waals surface area contributed by atoms with Gasteiger partial charge in [-0.1, -0.05) is 6.07 Å².